The molecule has 0 aliphatic carbocycles. The Morgan fingerprint density at radius 3 is 2.45 bits per heavy atom. The number of carbonyl (C=O) groups excluding carboxylic acids is 1. The Hall–Kier alpha value is -2.57. The number of hydrogen-bond acceptors (Lipinski definition) is 2. The number of carbonyl (C=O) groups is 1. The van der Waals surface area contributed by atoms with Crippen LogP contribution in [-0.4, -0.2) is 12.5 Å². The van der Waals surface area contributed by atoms with Crippen molar-refractivity contribution in [3.05, 3.63) is 59.9 Å². The second-order valence-electron chi connectivity index (χ2n) is 4.46. The summed E-state index contributed by atoms with van der Waals surface area (Å²) in [5, 5.41) is 4.89. The molecule has 2 N–H and O–H groups in total. The summed E-state index contributed by atoms with van der Waals surface area (Å²) in [6.07, 6.45) is -4.45. The van der Waals surface area contributed by atoms with Crippen LogP contribution in [0, 0.1) is 5.82 Å². The van der Waals surface area contributed by atoms with Crippen molar-refractivity contribution in [1.29, 1.82) is 0 Å². The van der Waals surface area contributed by atoms with E-state index in [4.69, 9.17) is 0 Å². The van der Waals surface area contributed by atoms with Gasteiger partial charge in [-0.3, -0.25) is 4.79 Å². The highest BCUT2D eigenvalue weighted by atomic mass is 19.4. The fourth-order valence-corrected chi connectivity index (χ4v) is 1.74. The van der Waals surface area contributed by atoms with Crippen molar-refractivity contribution >= 4 is 17.3 Å². The predicted octanol–water partition coefficient (Wildman–Crippen LogP) is 3.90. The molecule has 7 heteroatoms. The first-order chi connectivity index (χ1) is 10.4. The maximum absolute atomic E-state index is 13.3. The molecule has 0 saturated heterocycles. The molecular weight excluding hydrogens is 300 g/mol. The Bertz CT molecular complexity index is 671. The third-order valence-corrected chi connectivity index (χ3v) is 2.79. The number of anilines is 2. The average Bonchev–Trinajstić information content (AvgIpc) is 2.47. The lowest BCUT2D eigenvalue weighted by Gasteiger charge is -2.11. The van der Waals surface area contributed by atoms with E-state index in [0.29, 0.717) is 0 Å². The largest absolute Gasteiger partial charge is 0.416 e. The molecule has 0 radical (unpaired) electrons. The van der Waals surface area contributed by atoms with E-state index in [1.54, 1.807) is 6.07 Å². The summed E-state index contributed by atoms with van der Waals surface area (Å²) >= 11 is 0. The van der Waals surface area contributed by atoms with Crippen molar-refractivity contribution in [2.24, 2.45) is 0 Å². The number of halogens is 4. The molecule has 1 amide bonds. The molecule has 2 rings (SSSR count). The molecule has 3 nitrogen and oxygen atoms in total. The zero-order valence-electron chi connectivity index (χ0n) is 11.2. The normalized spacial score (nSPS) is 11.1. The summed E-state index contributed by atoms with van der Waals surface area (Å²) < 4.78 is 51.0. The minimum atomic E-state index is -4.45. The van der Waals surface area contributed by atoms with Crippen molar-refractivity contribution < 1.29 is 22.4 Å². The van der Waals surface area contributed by atoms with Crippen LogP contribution in [0.4, 0.5) is 28.9 Å². The first-order valence-electron chi connectivity index (χ1n) is 6.32. The molecule has 0 heterocycles. The van der Waals surface area contributed by atoms with E-state index in [0.717, 1.165) is 12.1 Å². The van der Waals surface area contributed by atoms with Gasteiger partial charge in [0.15, 0.2) is 0 Å². The molecule has 0 spiro atoms. The Labute approximate surface area is 124 Å². The first-order valence-corrected chi connectivity index (χ1v) is 6.32. The second kappa shape index (κ2) is 6.46. The van der Waals surface area contributed by atoms with Gasteiger partial charge < -0.3 is 10.6 Å². The topological polar surface area (TPSA) is 41.1 Å². The number of hydrogen-bond donors (Lipinski definition) is 2. The van der Waals surface area contributed by atoms with E-state index in [1.165, 1.54) is 30.3 Å². The minimum Gasteiger partial charge on any atom is -0.376 e. The lowest BCUT2D eigenvalue weighted by Crippen LogP contribution is -2.22. The van der Waals surface area contributed by atoms with Gasteiger partial charge in [-0.15, -0.1) is 0 Å². The van der Waals surface area contributed by atoms with Crippen molar-refractivity contribution in [3.63, 3.8) is 0 Å². The number of para-hydroxylation sites is 1. The van der Waals surface area contributed by atoms with Crippen LogP contribution in [-0.2, 0) is 11.0 Å². The monoisotopic (exact) mass is 312 g/mol. The summed E-state index contributed by atoms with van der Waals surface area (Å²) in [6.45, 7) is -0.282. The standard InChI is InChI=1S/C15H12F4N2O/c16-12-6-1-2-7-13(12)21-14(22)9-20-11-5-3-4-10(8-11)15(17,18)19/h1-8,20H,9H2,(H,21,22). The smallest absolute Gasteiger partial charge is 0.376 e. The summed E-state index contributed by atoms with van der Waals surface area (Å²) in [5.74, 6) is -1.16. The van der Waals surface area contributed by atoms with Crippen molar-refractivity contribution in [2.75, 3.05) is 17.2 Å². The molecule has 116 valence electrons. The van der Waals surface area contributed by atoms with Crippen molar-refractivity contribution in [2.45, 2.75) is 6.18 Å². The van der Waals surface area contributed by atoms with E-state index in [-0.39, 0.29) is 17.9 Å². The number of amides is 1. The summed E-state index contributed by atoms with van der Waals surface area (Å²) in [4.78, 5) is 11.7. The molecular formula is C15H12F4N2O. The van der Waals surface area contributed by atoms with E-state index >= 15 is 0 Å². The van der Waals surface area contributed by atoms with Crippen LogP contribution in [0.5, 0.6) is 0 Å². The fourth-order valence-electron chi connectivity index (χ4n) is 1.74. The predicted molar refractivity (Wildman–Crippen MR) is 75.0 cm³/mol. The number of rotatable bonds is 4. The third-order valence-electron chi connectivity index (χ3n) is 2.79. The highest BCUT2D eigenvalue weighted by Crippen LogP contribution is 2.30. The molecule has 0 fully saturated rings. The molecule has 22 heavy (non-hydrogen) atoms. The zero-order valence-corrected chi connectivity index (χ0v) is 11.2. The van der Waals surface area contributed by atoms with E-state index in [9.17, 15) is 22.4 Å². The third kappa shape index (κ3) is 4.21. The molecule has 0 aromatic heterocycles. The molecule has 0 atom stereocenters. The Morgan fingerprint density at radius 2 is 1.77 bits per heavy atom. The molecule has 0 bridgehead atoms. The summed E-state index contributed by atoms with van der Waals surface area (Å²) in [5.41, 5.74) is -0.649. The van der Waals surface area contributed by atoms with Crippen LogP contribution in [0.3, 0.4) is 0 Å². The van der Waals surface area contributed by atoms with Crippen molar-refractivity contribution in [3.8, 4) is 0 Å². The zero-order chi connectivity index (χ0) is 16.2. The van der Waals surface area contributed by atoms with Crippen LogP contribution in [0.2, 0.25) is 0 Å². The Morgan fingerprint density at radius 1 is 1.05 bits per heavy atom. The van der Waals surface area contributed by atoms with Gasteiger partial charge >= 0.3 is 6.18 Å². The van der Waals surface area contributed by atoms with Gasteiger partial charge in [-0.05, 0) is 30.3 Å². The summed E-state index contributed by atoms with van der Waals surface area (Å²) in [7, 11) is 0. The van der Waals surface area contributed by atoms with Crippen molar-refractivity contribution in [1.82, 2.24) is 0 Å². The highest BCUT2D eigenvalue weighted by Gasteiger charge is 2.30. The van der Waals surface area contributed by atoms with Crippen LogP contribution < -0.4 is 10.6 Å². The van der Waals surface area contributed by atoms with Gasteiger partial charge in [-0.2, -0.15) is 13.2 Å². The van der Waals surface area contributed by atoms with Crippen LogP contribution >= 0.6 is 0 Å². The van der Waals surface area contributed by atoms with Crippen LogP contribution in [0.15, 0.2) is 48.5 Å². The van der Waals surface area contributed by atoms with Gasteiger partial charge in [-0.25, -0.2) is 4.39 Å². The van der Waals surface area contributed by atoms with Gasteiger partial charge in [0.05, 0.1) is 17.8 Å². The van der Waals surface area contributed by atoms with Gasteiger partial charge in [0.25, 0.3) is 0 Å². The highest BCUT2D eigenvalue weighted by molar-refractivity contribution is 5.93. The maximum atomic E-state index is 13.3. The van der Waals surface area contributed by atoms with E-state index < -0.39 is 23.5 Å². The van der Waals surface area contributed by atoms with E-state index in [1.807, 2.05) is 0 Å². The van der Waals surface area contributed by atoms with Gasteiger partial charge in [-0.1, -0.05) is 18.2 Å². The SMILES string of the molecule is O=C(CNc1cccc(C(F)(F)F)c1)Nc1ccccc1F. The lowest BCUT2D eigenvalue weighted by molar-refractivity contribution is -0.137. The Kier molecular flexibility index (Phi) is 4.65. The van der Waals surface area contributed by atoms with E-state index in [2.05, 4.69) is 10.6 Å². The van der Waals surface area contributed by atoms with Gasteiger partial charge in [0.1, 0.15) is 5.82 Å². The molecule has 0 aliphatic heterocycles. The minimum absolute atomic E-state index is 0.0124. The molecule has 2 aromatic carbocycles. The first kappa shape index (κ1) is 15.8. The fraction of sp³-hybridized carbons (Fsp3) is 0.133. The quantitative estimate of drug-likeness (QED) is 0.841. The van der Waals surface area contributed by atoms with Crippen LogP contribution in [0.1, 0.15) is 5.56 Å². The number of nitrogens with one attached hydrogen (secondary N) is 2. The molecule has 0 saturated carbocycles. The number of alkyl halides is 3. The molecule has 0 aliphatic rings. The maximum Gasteiger partial charge on any atom is 0.416 e. The molecule has 0 unspecified atom stereocenters. The van der Waals surface area contributed by atoms with Crippen LogP contribution in [0.25, 0.3) is 0 Å². The second-order valence-corrected chi connectivity index (χ2v) is 4.46. The van der Waals surface area contributed by atoms with Gasteiger partial charge in [0.2, 0.25) is 5.91 Å². The average molecular weight is 312 g/mol. The summed E-state index contributed by atoms with van der Waals surface area (Å²) in [6, 6.07) is 10.1. The molecule has 2 aromatic rings. The van der Waals surface area contributed by atoms with Gasteiger partial charge in [0, 0.05) is 5.69 Å². The number of benzene rings is 2. The Balaban J connectivity index is 1.96. The lowest BCUT2D eigenvalue weighted by atomic mass is 10.2.